The normalized spacial score (nSPS) is 16.1. The van der Waals surface area contributed by atoms with Crippen molar-refractivity contribution in [3.05, 3.63) is 17.0 Å². The maximum absolute atomic E-state index is 11.9. The first-order valence-corrected chi connectivity index (χ1v) is 8.73. The largest absolute Gasteiger partial charge is 0.309 e. The monoisotopic (exact) mass is 288 g/mol. The third kappa shape index (κ3) is 4.05. The minimum atomic E-state index is -3.29. The number of thiophene rings is 1. The molecule has 18 heavy (non-hydrogen) atoms. The summed E-state index contributed by atoms with van der Waals surface area (Å²) in [6.07, 6.45) is 4.36. The van der Waals surface area contributed by atoms with Gasteiger partial charge in [-0.15, -0.1) is 11.3 Å². The molecule has 1 fully saturated rings. The Bertz CT molecular complexity index is 478. The van der Waals surface area contributed by atoms with Gasteiger partial charge in [0, 0.05) is 24.0 Å². The Morgan fingerprint density at radius 2 is 2.17 bits per heavy atom. The molecule has 0 saturated heterocycles. The molecule has 2 N–H and O–H groups in total. The highest BCUT2D eigenvalue weighted by molar-refractivity contribution is 7.91. The maximum Gasteiger partial charge on any atom is 0.250 e. The minimum Gasteiger partial charge on any atom is -0.309 e. The van der Waals surface area contributed by atoms with Crippen LogP contribution in [0.15, 0.2) is 16.3 Å². The second kappa shape index (κ2) is 6.14. The van der Waals surface area contributed by atoms with Crippen LogP contribution in [0, 0.1) is 0 Å². The summed E-state index contributed by atoms with van der Waals surface area (Å²) in [6.45, 7) is 3.34. The zero-order chi connectivity index (χ0) is 13.0. The van der Waals surface area contributed by atoms with Crippen molar-refractivity contribution in [2.24, 2.45) is 0 Å². The van der Waals surface area contributed by atoms with Crippen LogP contribution in [0.2, 0.25) is 0 Å². The van der Waals surface area contributed by atoms with Gasteiger partial charge in [0.25, 0.3) is 0 Å². The first-order valence-electron chi connectivity index (χ1n) is 6.43. The van der Waals surface area contributed by atoms with E-state index in [1.807, 2.05) is 13.0 Å². The molecular weight excluding hydrogens is 268 g/mol. The summed E-state index contributed by atoms with van der Waals surface area (Å²) in [7, 11) is -3.29. The summed E-state index contributed by atoms with van der Waals surface area (Å²) >= 11 is 1.35. The molecule has 0 unspecified atom stereocenters. The number of sulfonamides is 1. The van der Waals surface area contributed by atoms with Gasteiger partial charge in [0.15, 0.2) is 0 Å². The van der Waals surface area contributed by atoms with Crippen molar-refractivity contribution in [3.63, 3.8) is 0 Å². The van der Waals surface area contributed by atoms with Crippen molar-refractivity contribution < 1.29 is 8.42 Å². The zero-order valence-electron chi connectivity index (χ0n) is 10.6. The van der Waals surface area contributed by atoms with E-state index < -0.39 is 10.0 Å². The highest BCUT2D eigenvalue weighted by Gasteiger charge is 2.21. The van der Waals surface area contributed by atoms with Gasteiger partial charge < -0.3 is 5.32 Å². The van der Waals surface area contributed by atoms with Crippen molar-refractivity contribution in [1.82, 2.24) is 10.0 Å². The molecule has 1 aromatic heterocycles. The molecule has 6 heteroatoms. The molecular formula is C12H20N2O2S2. The molecule has 0 aliphatic heterocycles. The topological polar surface area (TPSA) is 58.2 Å². The predicted octanol–water partition coefficient (Wildman–Crippen LogP) is 2.08. The molecule has 102 valence electrons. The van der Waals surface area contributed by atoms with Crippen LogP contribution >= 0.6 is 11.3 Å². The van der Waals surface area contributed by atoms with Crippen molar-refractivity contribution >= 4 is 21.4 Å². The Hall–Kier alpha value is -0.430. The van der Waals surface area contributed by atoms with E-state index >= 15 is 0 Å². The fourth-order valence-corrected chi connectivity index (χ4v) is 4.01. The lowest BCUT2D eigenvalue weighted by Gasteiger charge is -2.03. The van der Waals surface area contributed by atoms with Gasteiger partial charge in [0.05, 0.1) is 0 Å². The number of nitrogens with one attached hydrogen (secondary N) is 2. The van der Waals surface area contributed by atoms with Gasteiger partial charge in [0.1, 0.15) is 4.21 Å². The van der Waals surface area contributed by atoms with Crippen LogP contribution in [0.4, 0.5) is 0 Å². The molecule has 0 aromatic carbocycles. The second-order valence-electron chi connectivity index (χ2n) is 4.63. The molecule has 1 aliphatic carbocycles. The van der Waals surface area contributed by atoms with Crippen molar-refractivity contribution in [2.75, 3.05) is 6.54 Å². The average Bonchev–Trinajstić information content (AvgIpc) is 3.03. The minimum absolute atomic E-state index is 0.422. The summed E-state index contributed by atoms with van der Waals surface area (Å²) in [5.41, 5.74) is 0. The summed E-state index contributed by atoms with van der Waals surface area (Å²) in [4.78, 5) is 1.08. The van der Waals surface area contributed by atoms with E-state index in [2.05, 4.69) is 10.0 Å². The molecule has 1 heterocycles. The molecule has 1 aromatic rings. The Balaban J connectivity index is 1.90. The zero-order valence-corrected chi connectivity index (χ0v) is 12.2. The summed E-state index contributed by atoms with van der Waals surface area (Å²) in [6, 6.07) is 4.24. The van der Waals surface area contributed by atoms with Crippen LogP contribution in [0.5, 0.6) is 0 Å². The van der Waals surface area contributed by atoms with E-state index in [1.165, 1.54) is 24.2 Å². The number of unbranched alkanes of at least 4 members (excludes halogenated alkanes) is 1. The maximum atomic E-state index is 11.9. The third-order valence-corrected chi connectivity index (χ3v) is 5.90. The molecule has 0 amide bonds. The Morgan fingerprint density at radius 1 is 1.39 bits per heavy atom. The molecule has 0 spiro atoms. The highest BCUT2D eigenvalue weighted by atomic mass is 32.2. The average molecular weight is 288 g/mol. The van der Waals surface area contributed by atoms with Crippen molar-refractivity contribution in [2.45, 2.75) is 49.4 Å². The summed E-state index contributed by atoms with van der Waals surface area (Å²) < 4.78 is 27.0. The second-order valence-corrected chi connectivity index (χ2v) is 7.79. The lowest BCUT2D eigenvalue weighted by Crippen LogP contribution is -2.23. The Kier molecular flexibility index (Phi) is 4.77. The van der Waals surface area contributed by atoms with Gasteiger partial charge in [-0.2, -0.15) is 0 Å². The van der Waals surface area contributed by atoms with Gasteiger partial charge in [-0.05, 0) is 31.4 Å². The molecule has 0 atom stereocenters. The van der Waals surface area contributed by atoms with Crippen LogP contribution in [0.3, 0.4) is 0 Å². The standard InChI is InChI=1S/C12H20N2O2S2/c1-2-3-8-14-18(15,16)12-7-6-11(17-12)9-13-10-4-5-10/h6-7,10,13-14H,2-5,8-9H2,1H3. The van der Waals surface area contributed by atoms with Crippen molar-refractivity contribution in [3.8, 4) is 0 Å². The predicted molar refractivity (Wildman–Crippen MR) is 74.3 cm³/mol. The Morgan fingerprint density at radius 3 is 2.83 bits per heavy atom. The van der Waals surface area contributed by atoms with Gasteiger partial charge >= 0.3 is 0 Å². The lowest BCUT2D eigenvalue weighted by atomic mass is 10.3. The number of hydrogen-bond donors (Lipinski definition) is 2. The van der Waals surface area contributed by atoms with Gasteiger partial charge in [-0.25, -0.2) is 13.1 Å². The van der Waals surface area contributed by atoms with Gasteiger partial charge in [-0.1, -0.05) is 13.3 Å². The first kappa shape index (κ1) is 14.0. The smallest absolute Gasteiger partial charge is 0.250 e. The summed E-state index contributed by atoms with van der Waals surface area (Å²) in [5.74, 6) is 0. The van der Waals surface area contributed by atoms with Crippen molar-refractivity contribution in [1.29, 1.82) is 0 Å². The SMILES string of the molecule is CCCCNS(=O)(=O)c1ccc(CNC2CC2)s1. The van der Waals surface area contributed by atoms with Gasteiger partial charge in [0.2, 0.25) is 10.0 Å². The number of rotatable bonds is 8. The Labute approximate surface area is 113 Å². The quantitative estimate of drug-likeness (QED) is 0.720. The van der Waals surface area contributed by atoms with E-state index in [4.69, 9.17) is 0 Å². The van der Waals surface area contributed by atoms with Gasteiger partial charge in [-0.3, -0.25) is 0 Å². The van der Waals surface area contributed by atoms with Crippen LogP contribution in [-0.2, 0) is 16.6 Å². The molecule has 0 radical (unpaired) electrons. The van der Waals surface area contributed by atoms with Crippen LogP contribution < -0.4 is 10.0 Å². The molecule has 0 bridgehead atoms. The van der Waals surface area contributed by atoms with Crippen LogP contribution in [0.1, 0.15) is 37.5 Å². The van der Waals surface area contributed by atoms with Crippen LogP contribution in [0.25, 0.3) is 0 Å². The highest BCUT2D eigenvalue weighted by Crippen LogP contribution is 2.24. The van der Waals surface area contributed by atoms with E-state index in [-0.39, 0.29) is 0 Å². The first-order chi connectivity index (χ1) is 8.62. The fourth-order valence-electron chi connectivity index (χ4n) is 1.58. The fraction of sp³-hybridized carbons (Fsp3) is 0.667. The molecule has 4 nitrogen and oxygen atoms in total. The number of hydrogen-bond acceptors (Lipinski definition) is 4. The molecule has 2 rings (SSSR count). The lowest BCUT2D eigenvalue weighted by molar-refractivity contribution is 0.580. The van der Waals surface area contributed by atoms with E-state index in [1.54, 1.807) is 6.07 Å². The van der Waals surface area contributed by atoms with Crippen LogP contribution in [-0.4, -0.2) is 21.0 Å². The van der Waals surface area contributed by atoms with E-state index in [0.29, 0.717) is 16.8 Å². The molecule has 1 aliphatic rings. The van der Waals surface area contributed by atoms with E-state index in [9.17, 15) is 8.42 Å². The van der Waals surface area contributed by atoms with E-state index in [0.717, 1.165) is 24.3 Å². The third-order valence-electron chi connectivity index (χ3n) is 2.87. The molecule has 1 saturated carbocycles. The summed E-state index contributed by atoms with van der Waals surface area (Å²) in [5, 5.41) is 3.39.